The minimum atomic E-state index is -1.56. The number of hydrogen-bond donors (Lipinski definition) is 1. The SMILES string of the molecule is CC1(C)S[C@@H]2[C@H](NC(=O)C(C(=O)[O-])c3cccs3)C(=O)N2[C@H]1C(=O)[O-].[Na+].[Na+]. The molecule has 1 aromatic heterocycles. The molecule has 2 aliphatic heterocycles. The molecular weight excluding hydrogens is 414 g/mol. The van der Waals surface area contributed by atoms with Gasteiger partial charge in [0.25, 0.3) is 0 Å². The molecule has 2 saturated heterocycles. The van der Waals surface area contributed by atoms with Crippen LogP contribution in [0.1, 0.15) is 24.6 Å². The molecule has 0 saturated carbocycles. The molecule has 0 aromatic carbocycles. The number of nitrogens with one attached hydrogen (secondary N) is 1. The Morgan fingerprint density at radius 3 is 2.37 bits per heavy atom. The van der Waals surface area contributed by atoms with Crippen LogP contribution in [0.3, 0.4) is 0 Å². The predicted octanol–water partition coefficient (Wildman–Crippen LogP) is -8.11. The number of carbonyl (C=O) groups excluding carboxylic acids is 4. The number of nitrogens with zero attached hydrogens (tertiary/aromatic N) is 1. The number of carboxylic acid groups (broad SMARTS) is 2. The fraction of sp³-hybridized carbons (Fsp3) is 0.467. The topological polar surface area (TPSA) is 130 Å². The third-order valence-electron chi connectivity index (χ3n) is 4.29. The number of hydrogen-bond acceptors (Lipinski definition) is 8. The van der Waals surface area contributed by atoms with Crippen LogP contribution in [0.25, 0.3) is 0 Å². The monoisotopic (exact) mass is 428 g/mol. The van der Waals surface area contributed by atoms with E-state index in [4.69, 9.17) is 0 Å². The number of aliphatic carboxylic acids is 2. The van der Waals surface area contributed by atoms with Gasteiger partial charge in [-0.3, -0.25) is 9.59 Å². The zero-order valence-electron chi connectivity index (χ0n) is 15.3. The Morgan fingerprint density at radius 1 is 1.26 bits per heavy atom. The van der Waals surface area contributed by atoms with Gasteiger partial charge in [-0.05, 0) is 25.3 Å². The Hall–Kier alpha value is -0.0700. The van der Waals surface area contributed by atoms with Crippen LogP contribution in [-0.2, 0) is 19.2 Å². The Bertz CT molecular complexity index is 757. The van der Waals surface area contributed by atoms with Gasteiger partial charge < -0.3 is 30.0 Å². The molecule has 4 atom stereocenters. The summed E-state index contributed by atoms with van der Waals surface area (Å²) in [5, 5.41) is 26.2. The summed E-state index contributed by atoms with van der Waals surface area (Å²) in [4.78, 5) is 48.8. The maximum atomic E-state index is 12.4. The fourth-order valence-electron chi connectivity index (χ4n) is 3.17. The first-order chi connectivity index (χ1) is 11.6. The number of fused-ring (bicyclic) bond motifs is 1. The molecule has 1 unspecified atom stereocenters. The van der Waals surface area contributed by atoms with Gasteiger partial charge in [-0.2, -0.15) is 0 Å². The first-order valence-corrected chi connectivity index (χ1v) is 9.16. The van der Waals surface area contributed by atoms with E-state index in [2.05, 4.69) is 5.32 Å². The molecule has 2 fully saturated rings. The summed E-state index contributed by atoms with van der Waals surface area (Å²) >= 11 is 2.33. The number of rotatable bonds is 5. The van der Waals surface area contributed by atoms with Gasteiger partial charge in [0.2, 0.25) is 11.8 Å². The maximum absolute atomic E-state index is 12.4. The van der Waals surface area contributed by atoms with E-state index >= 15 is 0 Å². The molecule has 0 radical (unpaired) electrons. The van der Waals surface area contributed by atoms with Gasteiger partial charge in [0.05, 0.1) is 18.0 Å². The van der Waals surface area contributed by atoms with Crippen LogP contribution in [0.15, 0.2) is 17.5 Å². The molecule has 0 aliphatic carbocycles. The summed E-state index contributed by atoms with van der Waals surface area (Å²) in [6, 6.07) is 1.04. The van der Waals surface area contributed by atoms with E-state index in [-0.39, 0.29) is 59.1 Å². The molecule has 0 spiro atoms. The van der Waals surface area contributed by atoms with Crippen molar-refractivity contribution in [1.82, 2.24) is 10.2 Å². The molecule has 27 heavy (non-hydrogen) atoms. The van der Waals surface area contributed by atoms with E-state index in [0.29, 0.717) is 4.88 Å². The Balaban J connectivity index is 0.00000182. The van der Waals surface area contributed by atoms with Crippen LogP contribution in [0, 0.1) is 0 Å². The Morgan fingerprint density at radius 2 is 1.89 bits per heavy atom. The molecule has 3 heterocycles. The molecule has 134 valence electrons. The van der Waals surface area contributed by atoms with Gasteiger partial charge in [-0.15, -0.1) is 23.1 Å². The molecule has 12 heteroatoms. The van der Waals surface area contributed by atoms with Crippen molar-refractivity contribution in [2.75, 3.05) is 0 Å². The van der Waals surface area contributed by atoms with Crippen LogP contribution < -0.4 is 74.6 Å². The molecule has 0 bridgehead atoms. The van der Waals surface area contributed by atoms with E-state index in [1.807, 2.05) is 0 Å². The van der Waals surface area contributed by atoms with E-state index in [1.165, 1.54) is 22.7 Å². The van der Waals surface area contributed by atoms with Crippen LogP contribution in [0.5, 0.6) is 0 Å². The van der Waals surface area contributed by atoms with E-state index in [1.54, 1.807) is 25.3 Å². The van der Waals surface area contributed by atoms with Crippen molar-refractivity contribution >= 4 is 46.9 Å². The molecule has 2 amide bonds. The number of thioether (sulfide) groups is 1. The van der Waals surface area contributed by atoms with Gasteiger partial charge in [0.1, 0.15) is 17.3 Å². The average molecular weight is 428 g/mol. The van der Waals surface area contributed by atoms with Crippen molar-refractivity contribution in [3.63, 3.8) is 0 Å². The number of carboxylic acids is 2. The summed E-state index contributed by atoms with van der Waals surface area (Å²) in [5.74, 6) is -5.84. The van der Waals surface area contributed by atoms with Crippen molar-refractivity contribution in [2.24, 2.45) is 0 Å². The molecule has 1 aromatic rings. The van der Waals surface area contributed by atoms with Crippen molar-refractivity contribution in [3.05, 3.63) is 22.4 Å². The number of β-lactam (4-membered cyclic amide) rings is 1. The van der Waals surface area contributed by atoms with Crippen molar-refractivity contribution in [1.29, 1.82) is 0 Å². The van der Waals surface area contributed by atoms with Crippen molar-refractivity contribution in [3.8, 4) is 0 Å². The average Bonchev–Trinajstić information content (AvgIpc) is 3.09. The fourth-order valence-corrected chi connectivity index (χ4v) is 5.60. The third kappa shape index (κ3) is 4.42. The zero-order chi connectivity index (χ0) is 18.5. The second-order valence-corrected chi connectivity index (χ2v) is 9.08. The second-order valence-electron chi connectivity index (χ2n) is 6.33. The van der Waals surface area contributed by atoms with Gasteiger partial charge in [0, 0.05) is 9.62 Å². The largest absolute Gasteiger partial charge is 1.00 e. The minimum absolute atomic E-state index is 0. The van der Waals surface area contributed by atoms with Crippen molar-refractivity contribution < 1.29 is 88.5 Å². The molecule has 3 rings (SSSR count). The minimum Gasteiger partial charge on any atom is -0.549 e. The number of carbonyl (C=O) groups is 4. The molecule has 1 N–H and O–H groups in total. The summed E-state index contributed by atoms with van der Waals surface area (Å²) in [7, 11) is 0. The zero-order valence-corrected chi connectivity index (χ0v) is 20.9. The Labute approximate surface area is 208 Å². The van der Waals surface area contributed by atoms with Gasteiger partial charge in [-0.1, -0.05) is 6.07 Å². The molecule has 8 nitrogen and oxygen atoms in total. The maximum Gasteiger partial charge on any atom is 1.00 e. The summed E-state index contributed by atoms with van der Waals surface area (Å²) in [6.45, 7) is 3.36. The van der Waals surface area contributed by atoms with Gasteiger partial charge in [0.15, 0.2) is 0 Å². The van der Waals surface area contributed by atoms with Crippen LogP contribution in [0.2, 0.25) is 0 Å². The first-order valence-electron chi connectivity index (χ1n) is 7.40. The summed E-state index contributed by atoms with van der Waals surface area (Å²) in [5.41, 5.74) is 0. The smallest absolute Gasteiger partial charge is 0.549 e. The quantitative estimate of drug-likeness (QED) is 0.280. The third-order valence-corrected chi connectivity index (χ3v) is 6.80. The standard InChI is InChI=1S/C15H16N2O6S2.2Na/c1-15(2)9(14(22)23)17-11(19)8(12(17)25-15)16-10(18)7(13(20)21)6-4-3-5-24-6;;/h3-5,7-9,12H,1-2H3,(H,16,18)(H,20,21)(H,22,23);;/q;2*+1/p-2/t7?,8-,9+,12-;;/m1../s1. The first kappa shape index (κ1) is 25.0. The number of amides is 2. The van der Waals surface area contributed by atoms with Gasteiger partial charge in [-0.25, -0.2) is 0 Å². The van der Waals surface area contributed by atoms with Gasteiger partial charge >= 0.3 is 59.1 Å². The summed E-state index contributed by atoms with van der Waals surface area (Å²) < 4.78 is -0.778. The normalized spacial score (nSPS) is 25.9. The van der Waals surface area contributed by atoms with Crippen LogP contribution >= 0.6 is 23.1 Å². The van der Waals surface area contributed by atoms with Crippen LogP contribution in [0.4, 0.5) is 0 Å². The van der Waals surface area contributed by atoms with Crippen molar-refractivity contribution in [2.45, 2.75) is 42.0 Å². The Kier molecular flexibility index (Phi) is 8.48. The molecule has 2 aliphatic rings. The van der Waals surface area contributed by atoms with E-state index in [0.717, 1.165) is 11.3 Å². The predicted molar refractivity (Wildman–Crippen MR) is 85.1 cm³/mol. The van der Waals surface area contributed by atoms with Crippen LogP contribution in [-0.4, -0.2) is 50.9 Å². The van der Waals surface area contributed by atoms with E-state index in [9.17, 15) is 29.4 Å². The second kappa shape index (κ2) is 9.17. The molecular formula is C15H14N2Na2O6S2. The van der Waals surface area contributed by atoms with E-state index < -0.39 is 51.9 Å². The number of thiophene rings is 1. The summed E-state index contributed by atoms with van der Waals surface area (Å²) in [6.07, 6.45) is 0.